The van der Waals surface area contributed by atoms with Crippen LogP contribution >= 0.6 is 11.6 Å². The number of fused-ring (bicyclic) bond motifs is 2. The number of nitrogens with zero attached hydrogens (tertiary/aromatic N) is 2. The van der Waals surface area contributed by atoms with Crippen molar-refractivity contribution < 1.29 is 18.9 Å². The number of methoxy groups -OCH3 is 1. The van der Waals surface area contributed by atoms with Gasteiger partial charge in [-0.1, -0.05) is 11.6 Å². The molecule has 3 N–H and O–H groups in total. The predicted octanol–water partition coefficient (Wildman–Crippen LogP) is 3.69. The third kappa shape index (κ3) is 2.71. The van der Waals surface area contributed by atoms with Crippen molar-refractivity contribution in [2.75, 3.05) is 13.9 Å². The molecule has 0 amide bonds. The van der Waals surface area contributed by atoms with Crippen LogP contribution in [0.5, 0.6) is 23.1 Å². The second-order valence-corrected chi connectivity index (χ2v) is 7.10. The van der Waals surface area contributed by atoms with Crippen LogP contribution in [0, 0.1) is 11.3 Å². The van der Waals surface area contributed by atoms with E-state index in [1.54, 1.807) is 19.2 Å². The van der Waals surface area contributed by atoms with Crippen LogP contribution in [0.15, 0.2) is 47.9 Å². The second-order valence-electron chi connectivity index (χ2n) is 6.70. The third-order valence-electron chi connectivity index (χ3n) is 5.12. The van der Waals surface area contributed by atoms with E-state index in [0.29, 0.717) is 33.3 Å². The summed E-state index contributed by atoms with van der Waals surface area (Å²) < 4.78 is 21.8. The van der Waals surface area contributed by atoms with Crippen LogP contribution in [0.4, 0.5) is 0 Å². The summed E-state index contributed by atoms with van der Waals surface area (Å²) in [5, 5.41) is 17.5. The quantitative estimate of drug-likeness (QED) is 0.661. The van der Waals surface area contributed by atoms with Crippen molar-refractivity contribution in [3.63, 3.8) is 0 Å². The van der Waals surface area contributed by atoms with Gasteiger partial charge in [-0.25, -0.2) is 0 Å². The number of benzene rings is 2. The number of ether oxygens (including phenoxy) is 4. The molecular weight excluding hydrogens is 408 g/mol. The number of rotatable bonds is 3. The molecule has 0 radical (unpaired) electrons. The first kappa shape index (κ1) is 18.2. The molecule has 0 saturated heterocycles. The third-order valence-corrected chi connectivity index (χ3v) is 5.45. The second kappa shape index (κ2) is 6.90. The van der Waals surface area contributed by atoms with E-state index in [-0.39, 0.29) is 24.1 Å². The Labute approximate surface area is 176 Å². The predicted molar refractivity (Wildman–Crippen MR) is 107 cm³/mol. The molecule has 0 unspecified atom stereocenters. The Morgan fingerprint density at radius 1 is 1.23 bits per heavy atom. The maximum atomic E-state index is 9.86. The van der Waals surface area contributed by atoms with Gasteiger partial charge in [0.1, 0.15) is 17.4 Å². The summed E-state index contributed by atoms with van der Waals surface area (Å²) in [7, 11) is 1.60. The highest BCUT2D eigenvalue weighted by Gasteiger charge is 2.37. The molecule has 1 atom stereocenters. The monoisotopic (exact) mass is 422 g/mol. The van der Waals surface area contributed by atoms with Crippen molar-refractivity contribution in [1.82, 2.24) is 10.2 Å². The number of aromatic nitrogens is 2. The number of nitrogens with two attached hydrogens (primary N) is 1. The molecule has 0 aliphatic carbocycles. The highest BCUT2D eigenvalue weighted by molar-refractivity contribution is 6.31. The molecule has 2 aliphatic heterocycles. The molecule has 3 aromatic rings. The van der Waals surface area contributed by atoms with Crippen LogP contribution in [0.2, 0.25) is 5.02 Å². The lowest BCUT2D eigenvalue weighted by Crippen LogP contribution is -2.21. The molecule has 1 aromatic heterocycles. The molecule has 5 rings (SSSR count). The summed E-state index contributed by atoms with van der Waals surface area (Å²) in [6.45, 7) is 0.111. The van der Waals surface area contributed by atoms with Crippen molar-refractivity contribution in [3.8, 4) is 40.5 Å². The van der Waals surface area contributed by atoms with Gasteiger partial charge >= 0.3 is 0 Å². The fraction of sp³-hybridized carbons (Fsp3) is 0.143. The van der Waals surface area contributed by atoms with Gasteiger partial charge in [0.05, 0.1) is 24.3 Å². The van der Waals surface area contributed by atoms with E-state index in [1.165, 1.54) is 0 Å². The molecular formula is C21H15ClN4O4. The van der Waals surface area contributed by atoms with Crippen LogP contribution in [0.25, 0.3) is 11.3 Å². The largest absolute Gasteiger partial charge is 0.497 e. The Kier molecular flexibility index (Phi) is 4.19. The normalized spacial score (nSPS) is 16.6. The van der Waals surface area contributed by atoms with Gasteiger partial charge in [-0.2, -0.15) is 5.26 Å². The first-order valence-electron chi connectivity index (χ1n) is 9.00. The SMILES string of the molecule is COc1ccc(-c2[nH]nc3c2[C@H](c2cc4c(cc2Cl)OCO4)C(C#N)=C(N)O3)cc1. The van der Waals surface area contributed by atoms with Crippen LogP contribution in [-0.2, 0) is 0 Å². The van der Waals surface area contributed by atoms with Gasteiger partial charge in [-0.05, 0) is 35.9 Å². The van der Waals surface area contributed by atoms with E-state index in [4.69, 9.17) is 36.3 Å². The van der Waals surface area contributed by atoms with Crippen LogP contribution < -0.4 is 24.7 Å². The van der Waals surface area contributed by atoms with Crippen LogP contribution in [0.1, 0.15) is 17.0 Å². The average Bonchev–Trinajstić information content (AvgIpc) is 3.38. The van der Waals surface area contributed by atoms with Gasteiger partial charge in [0.15, 0.2) is 11.5 Å². The Bertz CT molecular complexity index is 1230. The zero-order valence-electron chi connectivity index (χ0n) is 15.7. The first-order valence-corrected chi connectivity index (χ1v) is 9.37. The van der Waals surface area contributed by atoms with Crippen molar-refractivity contribution in [3.05, 3.63) is 64.0 Å². The minimum atomic E-state index is -0.600. The Morgan fingerprint density at radius 2 is 1.97 bits per heavy atom. The maximum absolute atomic E-state index is 9.86. The summed E-state index contributed by atoms with van der Waals surface area (Å²) in [6, 6.07) is 13.0. The summed E-state index contributed by atoms with van der Waals surface area (Å²) in [4.78, 5) is 0. The fourth-order valence-electron chi connectivity index (χ4n) is 3.69. The zero-order valence-corrected chi connectivity index (χ0v) is 16.5. The van der Waals surface area contributed by atoms with E-state index >= 15 is 0 Å². The lowest BCUT2D eigenvalue weighted by molar-refractivity contribution is 0.174. The van der Waals surface area contributed by atoms with E-state index in [1.807, 2.05) is 24.3 Å². The average molecular weight is 423 g/mol. The Balaban J connectivity index is 1.72. The highest BCUT2D eigenvalue weighted by atomic mass is 35.5. The number of halogens is 1. The standard InChI is InChI=1S/C21H15ClN4O4/c1-27-11-4-2-10(3-5-11)19-18-17(13(8-23)20(24)30-21(18)26-25-19)12-6-15-16(7-14(12)22)29-9-28-15/h2-7,17H,9,24H2,1H3,(H,25,26)/t17-/m1/s1. The fourth-order valence-corrected chi connectivity index (χ4v) is 3.95. The smallest absolute Gasteiger partial charge is 0.244 e. The number of hydrogen-bond acceptors (Lipinski definition) is 7. The highest BCUT2D eigenvalue weighted by Crippen LogP contribution is 2.49. The molecule has 30 heavy (non-hydrogen) atoms. The number of aromatic amines is 1. The summed E-state index contributed by atoms with van der Waals surface area (Å²) >= 11 is 6.59. The minimum absolute atomic E-state index is 0.0171. The van der Waals surface area contributed by atoms with Crippen LogP contribution in [0.3, 0.4) is 0 Å². The summed E-state index contributed by atoms with van der Waals surface area (Å²) in [6.07, 6.45) is 0. The molecule has 2 aliphatic rings. The summed E-state index contributed by atoms with van der Waals surface area (Å²) in [5.74, 6) is 1.49. The van der Waals surface area contributed by atoms with Crippen molar-refractivity contribution in [2.24, 2.45) is 5.73 Å². The van der Waals surface area contributed by atoms with Crippen molar-refractivity contribution >= 4 is 11.6 Å². The van der Waals surface area contributed by atoms with E-state index in [9.17, 15) is 5.26 Å². The van der Waals surface area contributed by atoms with Crippen LogP contribution in [-0.4, -0.2) is 24.1 Å². The topological polar surface area (TPSA) is 115 Å². The summed E-state index contributed by atoms with van der Waals surface area (Å²) in [5.41, 5.74) is 9.11. The molecule has 2 aromatic carbocycles. The minimum Gasteiger partial charge on any atom is -0.497 e. The van der Waals surface area contributed by atoms with E-state index in [0.717, 1.165) is 11.3 Å². The van der Waals surface area contributed by atoms with E-state index < -0.39 is 5.92 Å². The molecule has 0 saturated carbocycles. The number of allylic oxidation sites excluding steroid dienone is 1. The number of H-pyrrole nitrogens is 1. The Morgan fingerprint density at radius 3 is 2.67 bits per heavy atom. The molecule has 8 nitrogen and oxygen atoms in total. The van der Waals surface area contributed by atoms with Crippen molar-refractivity contribution in [2.45, 2.75) is 5.92 Å². The zero-order chi connectivity index (χ0) is 20.8. The van der Waals surface area contributed by atoms with Crippen molar-refractivity contribution in [1.29, 1.82) is 5.26 Å². The lowest BCUT2D eigenvalue weighted by atomic mass is 9.83. The molecule has 0 spiro atoms. The lowest BCUT2D eigenvalue weighted by Gasteiger charge is -2.25. The molecule has 150 valence electrons. The molecule has 3 heterocycles. The van der Waals surface area contributed by atoms with E-state index in [2.05, 4.69) is 16.3 Å². The van der Waals surface area contributed by atoms with Gasteiger partial charge in [-0.3, -0.25) is 5.10 Å². The van der Waals surface area contributed by atoms with Gasteiger partial charge in [0.25, 0.3) is 0 Å². The van der Waals surface area contributed by atoms with Gasteiger partial charge in [-0.15, -0.1) is 5.10 Å². The van der Waals surface area contributed by atoms with Gasteiger partial charge in [0, 0.05) is 16.7 Å². The maximum Gasteiger partial charge on any atom is 0.244 e. The number of nitrogens with one attached hydrogen (secondary N) is 1. The molecule has 9 heteroatoms. The number of nitriles is 1. The Hall–Kier alpha value is -3.83. The molecule has 0 fully saturated rings. The van der Waals surface area contributed by atoms with Gasteiger partial charge in [0.2, 0.25) is 18.6 Å². The van der Waals surface area contributed by atoms with Gasteiger partial charge < -0.3 is 24.7 Å². The molecule has 0 bridgehead atoms. The first-order chi connectivity index (χ1) is 14.6. The number of hydrogen-bond donors (Lipinski definition) is 2.